The number of nitrogens with one attached hydrogen (secondary N) is 1. The number of amides is 3. The van der Waals surface area contributed by atoms with Gasteiger partial charge in [-0.2, -0.15) is 0 Å². The van der Waals surface area contributed by atoms with Crippen molar-refractivity contribution in [2.24, 2.45) is 0 Å². The smallest absolute Gasteiger partial charge is 0.407 e. The van der Waals surface area contributed by atoms with Crippen molar-refractivity contribution in [1.82, 2.24) is 20.1 Å². The Morgan fingerprint density at radius 3 is 3.00 bits per heavy atom. The SMILES string of the molecule is Nc1cnccc1CN(CCN1CCNC1=O)C(=O)O. The summed E-state index contributed by atoms with van der Waals surface area (Å²) in [7, 11) is 0. The molecular formula is C12H17N5O3. The number of nitrogens with two attached hydrogens (primary N) is 1. The van der Waals surface area contributed by atoms with Crippen LogP contribution >= 0.6 is 0 Å². The van der Waals surface area contributed by atoms with Crippen molar-refractivity contribution in [3.63, 3.8) is 0 Å². The predicted molar refractivity (Wildman–Crippen MR) is 72.1 cm³/mol. The number of carboxylic acid groups (broad SMARTS) is 1. The first-order chi connectivity index (χ1) is 9.58. The highest BCUT2D eigenvalue weighted by Crippen LogP contribution is 2.12. The Bertz CT molecular complexity index is 508. The lowest BCUT2D eigenvalue weighted by atomic mass is 10.2. The number of hydrogen-bond donors (Lipinski definition) is 3. The number of pyridine rings is 1. The highest BCUT2D eigenvalue weighted by Gasteiger charge is 2.21. The zero-order chi connectivity index (χ0) is 14.5. The molecular weight excluding hydrogens is 262 g/mol. The number of nitrogen functional groups attached to an aromatic ring is 1. The Hall–Kier alpha value is -2.51. The number of carbonyl (C=O) groups is 2. The molecule has 1 aromatic rings. The van der Waals surface area contributed by atoms with Crippen molar-refractivity contribution in [3.8, 4) is 0 Å². The molecule has 0 atom stereocenters. The van der Waals surface area contributed by atoms with E-state index in [0.29, 0.717) is 30.9 Å². The number of carbonyl (C=O) groups excluding carboxylic acids is 1. The number of urea groups is 1. The highest BCUT2D eigenvalue weighted by atomic mass is 16.4. The second kappa shape index (κ2) is 6.09. The van der Waals surface area contributed by atoms with Crippen molar-refractivity contribution in [2.75, 3.05) is 31.9 Å². The molecule has 20 heavy (non-hydrogen) atoms. The number of nitrogens with zero attached hydrogens (tertiary/aromatic N) is 3. The zero-order valence-corrected chi connectivity index (χ0v) is 11.0. The van der Waals surface area contributed by atoms with Crippen LogP contribution in [0.3, 0.4) is 0 Å². The van der Waals surface area contributed by atoms with E-state index in [9.17, 15) is 14.7 Å². The fourth-order valence-corrected chi connectivity index (χ4v) is 1.99. The van der Waals surface area contributed by atoms with Crippen LogP contribution < -0.4 is 11.1 Å². The van der Waals surface area contributed by atoms with Crippen LogP contribution in [0, 0.1) is 0 Å². The van der Waals surface area contributed by atoms with Crippen LogP contribution in [0.1, 0.15) is 5.56 Å². The molecule has 0 unspecified atom stereocenters. The summed E-state index contributed by atoms with van der Waals surface area (Å²) in [4.78, 5) is 29.3. The van der Waals surface area contributed by atoms with Gasteiger partial charge in [-0.3, -0.25) is 4.98 Å². The molecule has 0 radical (unpaired) electrons. The fourth-order valence-electron chi connectivity index (χ4n) is 1.99. The average Bonchev–Trinajstić information content (AvgIpc) is 2.82. The van der Waals surface area contributed by atoms with Crippen molar-refractivity contribution in [1.29, 1.82) is 0 Å². The molecule has 8 nitrogen and oxygen atoms in total. The summed E-state index contributed by atoms with van der Waals surface area (Å²) in [6, 6.07) is 1.53. The topological polar surface area (TPSA) is 112 Å². The first kappa shape index (κ1) is 13.9. The first-order valence-electron chi connectivity index (χ1n) is 6.27. The Labute approximate surface area is 116 Å². The van der Waals surface area contributed by atoms with Crippen molar-refractivity contribution >= 4 is 17.8 Å². The summed E-state index contributed by atoms with van der Waals surface area (Å²) in [6.07, 6.45) is 2.02. The Morgan fingerprint density at radius 1 is 1.60 bits per heavy atom. The molecule has 2 heterocycles. The first-order valence-corrected chi connectivity index (χ1v) is 6.27. The Morgan fingerprint density at radius 2 is 2.40 bits per heavy atom. The molecule has 0 saturated carbocycles. The van der Waals surface area contributed by atoms with Crippen LogP contribution in [0.4, 0.5) is 15.3 Å². The van der Waals surface area contributed by atoms with Gasteiger partial charge >= 0.3 is 12.1 Å². The molecule has 1 fully saturated rings. The molecule has 1 aliphatic rings. The molecule has 8 heteroatoms. The maximum Gasteiger partial charge on any atom is 0.407 e. The van der Waals surface area contributed by atoms with E-state index in [4.69, 9.17) is 5.73 Å². The summed E-state index contributed by atoms with van der Waals surface area (Å²) < 4.78 is 0. The minimum atomic E-state index is -1.04. The van der Waals surface area contributed by atoms with Gasteiger partial charge in [-0.25, -0.2) is 9.59 Å². The maximum absolute atomic E-state index is 11.4. The van der Waals surface area contributed by atoms with Crippen LogP contribution in [0.15, 0.2) is 18.5 Å². The molecule has 0 aliphatic carbocycles. The third-order valence-corrected chi connectivity index (χ3v) is 3.16. The van der Waals surface area contributed by atoms with E-state index >= 15 is 0 Å². The summed E-state index contributed by atoms with van der Waals surface area (Å²) in [6.45, 7) is 1.99. The van der Waals surface area contributed by atoms with Gasteiger partial charge in [0.05, 0.1) is 18.4 Å². The van der Waals surface area contributed by atoms with Crippen LogP contribution in [-0.2, 0) is 6.54 Å². The number of anilines is 1. The second-order valence-electron chi connectivity index (χ2n) is 4.50. The van der Waals surface area contributed by atoms with E-state index in [0.717, 1.165) is 0 Å². The van der Waals surface area contributed by atoms with Gasteiger partial charge in [0, 0.05) is 32.4 Å². The van der Waals surface area contributed by atoms with Crippen molar-refractivity contribution in [2.45, 2.75) is 6.54 Å². The quantitative estimate of drug-likeness (QED) is 0.711. The summed E-state index contributed by atoms with van der Waals surface area (Å²) >= 11 is 0. The lowest BCUT2D eigenvalue weighted by Crippen LogP contribution is -2.39. The summed E-state index contributed by atoms with van der Waals surface area (Å²) in [5.41, 5.74) is 6.91. The van der Waals surface area contributed by atoms with Gasteiger partial charge in [0.2, 0.25) is 0 Å². The van der Waals surface area contributed by atoms with Crippen LogP contribution in [0.2, 0.25) is 0 Å². The minimum absolute atomic E-state index is 0.154. The third-order valence-electron chi connectivity index (χ3n) is 3.16. The predicted octanol–water partition coefficient (Wildman–Crippen LogP) is 0.169. The minimum Gasteiger partial charge on any atom is -0.465 e. The van der Waals surface area contributed by atoms with Gasteiger partial charge in [-0.05, 0) is 11.6 Å². The standard InChI is InChI=1S/C12H17N5O3/c13-10-7-14-2-1-9(10)8-17(12(19)20)6-5-16-4-3-15-11(16)18/h1-2,7H,3-6,8,13H2,(H,15,18)(H,19,20). The van der Waals surface area contributed by atoms with E-state index in [1.807, 2.05) is 0 Å². The van der Waals surface area contributed by atoms with Gasteiger partial charge in [-0.15, -0.1) is 0 Å². The van der Waals surface area contributed by atoms with Crippen LogP contribution in [0.5, 0.6) is 0 Å². The van der Waals surface area contributed by atoms with Crippen LogP contribution in [-0.4, -0.2) is 58.2 Å². The summed E-state index contributed by atoms with van der Waals surface area (Å²) in [5, 5.41) is 11.9. The largest absolute Gasteiger partial charge is 0.465 e. The molecule has 4 N–H and O–H groups in total. The van der Waals surface area contributed by atoms with E-state index in [-0.39, 0.29) is 19.1 Å². The molecule has 3 amide bonds. The fraction of sp³-hybridized carbons (Fsp3) is 0.417. The molecule has 2 rings (SSSR count). The van der Waals surface area contributed by atoms with Gasteiger partial charge in [0.25, 0.3) is 0 Å². The average molecular weight is 279 g/mol. The van der Waals surface area contributed by atoms with Gasteiger partial charge in [0.1, 0.15) is 0 Å². The van der Waals surface area contributed by atoms with Crippen molar-refractivity contribution in [3.05, 3.63) is 24.0 Å². The maximum atomic E-state index is 11.4. The second-order valence-corrected chi connectivity index (χ2v) is 4.50. The number of rotatable bonds is 5. The number of hydrogen-bond acceptors (Lipinski definition) is 4. The van der Waals surface area contributed by atoms with Gasteiger partial charge < -0.3 is 26.0 Å². The molecule has 0 aromatic carbocycles. The van der Waals surface area contributed by atoms with E-state index in [2.05, 4.69) is 10.3 Å². The molecule has 1 aliphatic heterocycles. The molecule has 0 spiro atoms. The van der Waals surface area contributed by atoms with Crippen molar-refractivity contribution < 1.29 is 14.7 Å². The van der Waals surface area contributed by atoms with E-state index in [1.165, 1.54) is 11.1 Å². The third kappa shape index (κ3) is 3.28. The normalized spacial score (nSPS) is 14.2. The highest BCUT2D eigenvalue weighted by molar-refractivity contribution is 5.76. The zero-order valence-electron chi connectivity index (χ0n) is 11.0. The van der Waals surface area contributed by atoms with E-state index in [1.54, 1.807) is 17.2 Å². The molecule has 0 bridgehead atoms. The van der Waals surface area contributed by atoms with E-state index < -0.39 is 6.09 Å². The van der Waals surface area contributed by atoms with Gasteiger partial charge in [-0.1, -0.05) is 0 Å². The Balaban J connectivity index is 1.95. The lowest BCUT2D eigenvalue weighted by molar-refractivity contribution is 0.136. The molecule has 1 saturated heterocycles. The van der Waals surface area contributed by atoms with Gasteiger partial charge in [0.15, 0.2) is 0 Å². The number of aromatic nitrogens is 1. The monoisotopic (exact) mass is 279 g/mol. The summed E-state index contributed by atoms with van der Waals surface area (Å²) in [5.74, 6) is 0. The lowest BCUT2D eigenvalue weighted by Gasteiger charge is -2.23. The molecule has 108 valence electrons. The molecule has 1 aromatic heterocycles. The van der Waals surface area contributed by atoms with Crippen LogP contribution in [0.25, 0.3) is 0 Å². The Kier molecular flexibility index (Phi) is 4.24.